The third-order valence-corrected chi connectivity index (χ3v) is 2.30. The summed E-state index contributed by atoms with van der Waals surface area (Å²) in [5, 5.41) is 11.0. The zero-order valence-corrected chi connectivity index (χ0v) is 8.69. The van der Waals surface area contributed by atoms with Gasteiger partial charge >= 0.3 is 5.97 Å². The first-order valence-corrected chi connectivity index (χ1v) is 4.75. The highest BCUT2D eigenvalue weighted by atomic mass is 79.9. The van der Waals surface area contributed by atoms with E-state index in [0.717, 1.165) is 0 Å². The van der Waals surface area contributed by atoms with Gasteiger partial charge in [-0.2, -0.15) is 0 Å². The molecule has 0 saturated heterocycles. The lowest BCUT2D eigenvalue weighted by atomic mass is 10.3. The minimum absolute atomic E-state index is 0.572. The molecule has 0 aliphatic rings. The summed E-state index contributed by atoms with van der Waals surface area (Å²) in [5.41, 5.74) is 0.572. The summed E-state index contributed by atoms with van der Waals surface area (Å²) in [6.45, 7) is 0. The van der Waals surface area contributed by atoms with Crippen molar-refractivity contribution in [3.63, 3.8) is 0 Å². The second-order valence-electron chi connectivity index (χ2n) is 2.56. The van der Waals surface area contributed by atoms with E-state index in [1.165, 1.54) is 0 Å². The third kappa shape index (κ3) is 2.85. The van der Waals surface area contributed by atoms with Crippen molar-refractivity contribution < 1.29 is 14.7 Å². The zero-order chi connectivity index (χ0) is 10.6. The SMILES string of the molecule is O=C(O)[C@@H](Br)C(=O)Nc1ccccc1. The Bertz CT molecular complexity index is 339. The maximum absolute atomic E-state index is 11.2. The number of carboxylic acid groups (broad SMARTS) is 1. The van der Waals surface area contributed by atoms with Crippen LogP contribution >= 0.6 is 15.9 Å². The number of nitrogens with one attached hydrogen (secondary N) is 1. The van der Waals surface area contributed by atoms with E-state index in [2.05, 4.69) is 21.2 Å². The van der Waals surface area contributed by atoms with Gasteiger partial charge in [0, 0.05) is 5.69 Å². The Morgan fingerprint density at radius 3 is 2.36 bits per heavy atom. The number of benzene rings is 1. The van der Waals surface area contributed by atoms with E-state index < -0.39 is 16.7 Å². The molecule has 2 N–H and O–H groups in total. The molecule has 0 bridgehead atoms. The second kappa shape index (κ2) is 4.76. The molecular weight excluding hydrogens is 250 g/mol. The van der Waals surface area contributed by atoms with Crippen molar-refractivity contribution in [2.45, 2.75) is 4.83 Å². The van der Waals surface area contributed by atoms with Gasteiger partial charge in [-0.1, -0.05) is 34.1 Å². The first kappa shape index (κ1) is 10.7. The maximum atomic E-state index is 11.2. The van der Waals surface area contributed by atoms with Gasteiger partial charge in [0.15, 0.2) is 4.83 Å². The first-order valence-electron chi connectivity index (χ1n) is 3.84. The number of alkyl halides is 1. The molecule has 1 aromatic carbocycles. The van der Waals surface area contributed by atoms with E-state index in [9.17, 15) is 9.59 Å². The maximum Gasteiger partial charge on any atom is 0.327 e. The summed E-state index contributed by atoms with van der Waals surface area (Å²) in [4.78, 5) is 20.4. The number of aliphatic carboxylic acids is 1. The normalized spacial score (nSPS) is 11.8. The van der Waals surface area contributed by atoms with E-state index in [1.54, 1.807) is 30.3 Å². The average molecular weight is 258 g/mol. The highest BCUT2D eigenvalue weighted by molar-refractivity contribution is 9.10. The van der Waals surface area contributed by atoms with Crippen molar-refractivity contribution in [1.82, 2.24) is 0 Å². The monoisotopic (exact) mass is 257 g/mol. The smallest absolute Gasteiger partial charge is 0.327 e. The fourth-order valence-electron chi connectivity index (χ4n) is 0.839. The summed E-state index contributed by atoms with van der Waals surface area (Å²) in [5.74, 6) is -1.80. The summed E-state index contributed by atoms with van der Waals surface area (Å²) in [6, 6.07) is 8.66. The molecule has 0 unspecified atom stereocenters. The molecule has 0 heterocycles. The van der Waals surface area contributed by atoms with Crippen molar-refractivity contribution in [3.8, 4) is 0 Å². The van der Waals surface area contributed by atoms with Crippen LogP contribution in [0.4, 0.5) is 5.69 Å². The van der Waals surface area contributed by atoms with E-state index in [0.29, 0.717) is 5.69 Å². The molecule has 5 heteroatoms. The van der Waals surface area contributed by atoms with Crippen molar-refractivity contribution >= 4 is 33.5 Å². The lowest BCUT2D eigenvalue weighted by Gasteiger charge is -2.06. The number of amides is 1. The predicted octanol–water partition coefficient (Wildman–Crippen LogP) is 1.47. The Labute approximate surface area is 89.1 Å². The quantitative estimate of drug-likeness (QED) is 0.637. The highest BCUT2D eigenvalue weighted by Crippen LogP contribution is 2.08. The topological polar surface area (TPSA) is 66.4 Å². The van der Waals surface area contributed by atoms with Gasteiger partial charge in [0.1, 0.15) is 0 Å². The number of carboxylic acids is 1. The largest absolute Gasteiger partial charge is 0.480 e. The van der Waals surface area contributed by atoms with Crippen LogP contribution in [0.2, 0.25) is 0 Å². The lowest BCUT2D eigenvalue weighted by Crippen LogP contribution is -2.29. The summed E-state index contributed by atoms with van der Waals surface area (Å²) in [6.07, 6.45) is 0. The van der Waals surface area contributed by atoms with Crippen LogP contribution in [0.1, 0.15) is 0 Å². The van der Waals surface area contributed by atoms with Crippen molar-refractivity contribution in [2.75, 3.05) is 5.32 Å². The highest BCUT2D eigenvalue weighted by Gasteiger charge is 2.22. The Balaban J connectivity index is 2.62. The van der Waals surface area contributed by atoms with Crippen LogP contribution in [0.5, 0.6) is 0 Å². The van der Waals surface area contributed by atoms with E-state index >= 15 is 0 Å². The molecule has 0 spiro atoms. The van der Waals surface area contributed by atoms with E-state index in [-0.39, 0.29) is 0 Å². The molecule has 74 valence electrons. The number of hydrogen-bond acceptors (Lipinski definition) is 2. The summed E-state index contributed by atoms with van der Waals surface area (Å²) >= 11 is 2.75. The van der Waals surface area contributed by atoms with E-state index in [4.69, 9.17) is 5.11 Å². The van der Waals surface area contributed by atoms with Gasteiger partial charge in [-0.15, -0.1) is 0 Å². The zero-order valence-electron chi connectivity index (χ0n) is 7.11. The molecule has 1 rings (SSSR count). The molecule has 1 amide bonds. The van der Waals surface area contributed by atoms with Crippen molar-refractivity contribution in [2.24, 2.45) is 0 Å². The third-order valence-electron chi connectivity index (χ3n) is 1.49. The molecule has 0 saturated carbocycles. The molecule has 1 aromatic rings. The Kier molecular flexibility index (Phi) is 3.64. The van der Waals surface area contributed by atoms with Crippen LogP contribution in [0.25, 0.3) is 0 Å². The van der Waals surface area contributed by atoms with Gasteiger partial charge in [-0.25, -0.2) is 0 Å². The van der Waals surface area contributed by atoms with Crippen LogP contribution in [-0.2, 0) is 9.59 Å². The number of carbonyl (C=O) groups excluding carboxylic acids is 1. The average Bonchev–Trinajstić information content (AvgIpc) is 2.18. The minimum atomic E-state index is -1.22. The minimum Gasteiger partial charge on any atom is -0.480 e. The molecule has 0 aliphatic carbocycles. The lowest BCUT2D eigenvalue weighted by molar-refractivity contribution is -0.138. The van der Waals surface area contributed by atoms with Crippen LogP contribution < -0.4 is 5.32 Å². The van der Waals surface area contributed by atoms with Crippen LogP contribution in [-0.4, -0.2) is 21.8 Å². The van der Waals surface area contributed by atoms with Gasteiger partial charge in [0.2, 0.25) is 5.91 Å². The number of carbonyl (C=O) groups is 2. The van der Waals surface area contributed by atoms with Gasteiger partial charge < -0.3 is 10.4 Å². The Morgan fingerprint density at radius 2 is 1.86 bits per heavy atom. The standard InChI is InChI=1S/C9H8BrNO3/c10-7(9(13)14)8(12)11-6-4-2-1-3-5-6/h1-5,7H,(H,11,12)(H,13,14)/t7-/m0/s1. The number of halogens is 1. The number of hydrogen-bond donors (Lipinski definition) is 2. The number of rotatable bonds is 3. The van der Waals surface area contributed by atoms with Crippen LogP contribution in [0.3, 0.4) is 0 Å². The summed E-state index contributed by atoms with van der Waals surface area (Å²) < 4.78 is 0. The van der Waals surface area contributed by atoms with Gasteiger partial charge in [0.05, 0.1) is 0 Å². The molecule has 0 aromatic heterocycles. The Hall–Kier alpha value is -1.36. The molecule has 0 radical (unpaired) electrons. The Morgan fingerprint density at radius 1 is 1.29 bits per heavy atom. The molecule has 0 fully saturated rings. The van der Waals surface area contributed by atoms with Gasteiger partial charge in [-0.3, -0.25) is 9.59 Å². The number of anilines is 1. The molecule has 0 aliphatic heterocycles. The second-order valence-corrected chi connectivity index (χ2v) is 3.47. The number of para-hydroxylation sites is 1. The molecule has 1 atom stereocenters. The van der Waals surface area contributed by atoms with Crippen molar-refractivity contribution in [3.05, 3.63) is 30.3 Å². The van der Waals surface area contributed by atoms with Gasteiger partial charge in [0.25, 0.3) is 0 Å². The van der Waals surface area contributed by atoms with Crippen LogP contribution in [0, 0.1) is 0 Å². The van der Waals surface area contributed by atoms with Crippen LogP contribution in [0.15, 0.2) is 30.3 Å². The summed E-state index contributed by atoms with van der Waals surface area (Å²) in [7, 11) is 0. The van der Waals surface area contributed by atoms with Gasteiger partial charge in [-0.05, 0) is 12.1 Å². The first-order chi connectivity index (χ1) is 6.61. The molecule has 4 nitrogen and oxygen atoms in total. The fraction of sp³-hybridized carbons (Fsp3) is 0.111. The predicted molar refractivity (Wildman–Crippen MR) is 55.4 cm³/mol. The fourth-order valence-corrected chi connectivity index (χ4v) is 0.954. The molecule has 14 heavy (non-hydrogen) atoms. The van der Waals surface area contributed by atoms with Crippen molar-refractivity contribution in [1.29, 1.82) is 0 Å². The van der Waals surface area contributed by atoms with E-state index in [1.807, 2.05) is 0 Å². The molecular formula is C9H8BrNO3.